The summed E-state index contributed by atoms with van der Waals surface area (Å²) < 4.78 is 5.96. The van der Waals surface area contributed by atoms with Crippen molar-refractivity contribution < 1.29 is 9.84 Å². The van der Waals surface area contributed by atoms with Crippen LogP contribution in [0.4, 0.5) is 0 Å². The summed E-state index contributed by atoms with van der Waals surface area (Å²) in [7, 11) is 0. The van der Waals surface area contributed by atoms with Crippen molar-refractivity contribution in [3.8, 4) is 11.5 Å². The molecule has 3 aromatic carbocycles. The fraction of sp³-hybridized carbons (Fsp3) is 0.208. The lowest BCUT2D eigenvalue weighted by Gasteiger charge is -2.20. The number of halogens is 2. The van der Waals surface area contributed by atoms with Crippen molar-refractivity contribution in [1.82, 2.24) is 5.32 Å². The van der Waals surface area contributed by atoms with Crippen LogP contribution in [0.3, 0.4) is 0 Å². The van der Waals surface area contributed by atoms with E-state index >= 15 is 0 Å². The van der Waals surface area contributed by atoms with E-state index in [1.165, 1.54) is 0 Å². The van der Waals surface area contributed by atoms with Gasteiger partial charge in [0.2, 0.25) is 0 Å². The van der Waals surface area contributed by atoms with Gasteiger partial charge in [0.15, 0.2) is 0 Å². The van der Waals surface area contributed by atoms with Crippen LogP contribution in [-0.4, -0.2) is 17.0 Å². The minimum Gasteiger partial charge on any atom is -0.508 e. The molecule has 4 rings (SSSR count). The molecule has 2 atom stereocenters. The molecule has 1 aliphatic heterocycles. The minimum atomic E-state index is -0.173. The zero-order chi connectivity index (χ0) is 21.3. The van der Waals surface area contributed by atoms with Crippen molar-refractivity contribution in [2.24, 2.45) is 4.99 Å². The number of aromatic hydroxyl groups is 1. The highest BCUT2D eigenvalue weighted by molar-refractivity contribution is 6.30. The molecule has 0 aliphatic carbocycles. The van der Waals surface area contributed by atoms with Gasteiger partial charge in [-0.15, -0.1) is 0 Å². The lowest BCUT2D eigenvalue weighted by Crippen LogP contribution is -2.25. The van der Waals surface area contributed by atoms with Crippen molar-refractivity contribution in [3.63, 3.8) is 0 Å². The van der Waals surface area contributed by atoms with Gasteiger partial charge in [0.25, 0.3) is 0 Å². The molecule has 1 aliphatic rings. The van der Waals surface area contributed by atoms with Gasteiger partial charge >= 0.3 is 0 Å². The summed E-state index contributed by atoms with van der Waals surface area (Å²) in [6, 6.07) is 20.2. The molecule has 0 radical (unpaired) electrons. The van der Waals surface area contributed by atoms with Crippen LogP contribution in [0.25, 0.3) is 0 Å². The van der Waals surface area contributed by atoms with Crippen molar-refractivity contribution in [2.75, 3.05) is 0 Å². The standard InChI is InChI=1S/C24H22Cl2N2O2/c1-14(2)30-21-12-11-19(29)13-20(21)24-27-22(15-3-7-17(25)8-4-15)23(28-24)16-5-9-18(26)10-6-16/h3-14,22-23,29H,1-2H3,(H,27,28)/t22-,23+. The highest BCUT2D eigenvalue weighted by Gasteiger charge is 2.33. The lowest BCUT2D eigenvalue weighted by atomic mass is 9.95. The Morgan fingerprint density at radius 3 is 2.10 bits per heavy atom. The monoisotopic (exact) mass is 440 g/mol. The van der Waals surface area contributed by atoms with Crippen molar-refractivity contribution in [1.29, 1.82) is 0 Å². The fourth-order valence-electron chi connectivity index (χ4n) is 3.55. The van der Waals surface area contributed by atoms with E-state index in [0.717, 1.165) is 16.7 Å². The first-order chi connectivity index (χ1) is 14.4. The van der Waals surface area contributed by atoms with Gasteiger partial charge in [-0.2, -0.15) is 0 Å². The topological polar surface area (TPSA) is 53.9 Å². The number of aliphatic imine (C=N–C) groups is 1. The Morgan fingerprint density at radius 1 is 0.900 bits per heavy atom. The molecule has 0 saturated carbocycles. The number of phenolic OH excluding ortho intramolecular Hbond substituents is 1. The predicted octanol–water partition coefficient (Wildman–Crippen LogP) is 6.32. The molecule has 0 saturated heterocycles. The first kappa shape index (κ1) is 20.6. The third-order valence-electron chi connectivity index (χ3n) is 4.90. The van der Waals surface area contributed by atoms with E-state index in [1.54, 1.807) is 18.2 Å². The van der Waals surface area contributed by atoms with E-state index < -0.39 is 0 Å². The Bertz CT molecular complexity index is 1060. The Morgan fingerprint density at radius 2 is 1.50 bits per heavy atom. The number of nitrogens with one attached hydrogen (secondary N) is 1. The van der Waals surface area contributed by atoms with Crippen LogP contribution in [0.2, 0.25) is 10.0 Å². The van der Waals surface area contributed by atoms with Crippen molar-refractivity contribution in [3.05, 3.63) is 93.5 Å². The molecule has 0 unspecified atom stereocenters. The number of nitrogens with zero attached hydrogens (tertiary/aromatic N) is 1. The molecule has 0 aromatic heterocycles. The van der Waals surface area contributed by atoms with Gasteiger partial charge in [-0.05, 0) is 67.4 Å². The number of benzene rings is 3. The molecule has 30 heavy (non-hydrogen) atoms. The summed E-state index contributed by atoms with van der Waals surface area (Å²) in [6.45, 7) is 3.93. The summed E-state index contributed by atoms with van der Waals surface area (Å²) in [5, 5.41) is 15.0. The molecule has 6 heteroatoms. The van der Waals surface area contributed by atoms with Crippen LogP contribution in [-0.2, 0) is 0 Å². The Kier molecular flexibility index (Phi) is 5.89. The largest absolute Gasteiger partial charge is 0.508 e. The molecule has 0 amide bonds. The summed E-state index contributed by atoms with van der Waals surface area (Å²) >= 11 is 12.2. The van der Waals surface area contributed by atoms with Gasteiger partial charge in [-0.25, -0.2) is 0 Å². The first-order valence-corrected chi connectivity index (χ1v) is 10.5. The minimum absolute atomic E-state index is 0.00517. The second-order valence-corrected chi connectivity index (χ2v) is 8.37. The molecule has 4 nitrogen and oxygen atoms in total. The van der Waals surface area contributed by atoms with E-state index in [0.29, 0.717) is 21.6 Å². The maximum Gasteiger partial charge on any atom is 0.133 e. The second kappa shape index (κ2) is 8.58. The van der Waals surface area contributed by atoms with Crippen molar-refractivity contribution >= 4 is 29.0 Å². The third-order valence-corrected chi connectivity index (χ3v) is 5.40. The molecule has 3 aromatic rings. The van der Waals surface area contributed by atoms with Gasteiger partial charge in [0.05, 0.1) is 17.7 Å². The Hall–Kier alpha value is -2.69. The summed E-state index contributed by atoms with van der Waals surface area (Å²) in [5.41, 5.74) is 2.82. The van der Waals surface area contributed by atoms with E-state index in [-0.39, 0.29) is 23.9 Å². The number of hydrogen-bond acceptors (Lipinski definition) is 4. The number of ether oxygens (including phenoxy) is 1. The Balaban J connectivity index is 1.78. The van der Waals surface area contributed by atoms with Crippen LogP contribution in [0.15, 0.2) is 71.7 Å². The second-order valence-electron chi connectivity index (χ2n) is 7.49. The van der Waals surface area contributed by atoms with Gasteiger partial charge in [-0.1, -0.05) is 47.5 Å². The zero-order valence-electron chi connectivity index (χ0n) is 16.6. The van der Waals surface area contributed by atoms with Crippen LogP contribution < -0.4 is 10.1 Å². The van der Waals surface area contributed by atoms with Crippen LogP contribution in [0, 0.1) is 0 Å². The molecule has 0 spiro atoms. The number of phenols is 1. The van der Waals surface area contributed by atoms with Gasteiger partial charge in [0, 0.05) is 10.0 Å². The molecular formula is C24H22Cl2N2O2. The molecule has 1 heterocycles. The lowest BCUT2D eigenvalue weighted by molar-refractivity contribution is 0.241. The van der Waals surface area contributed by atoms with Crippen LogP contribution in [0.5, 0.6) is 11.5 Å². The predicted molar refractivity (Wildman–Crippen MR) is 122 cm³/mol. The zero-order valence-corrected chi connectivity index (χ0v) is 18.2. The van der Waals surface area contributed by atoms with Crippen LogP contribution in [0.1, 0.15) is 42.6 Å². The number of rotatable bonds is 5. The first-order valence-electron chi connectivity index (χ1n) is 9.76. The molecular weight excluding hydrogens is 419 g/mol. The van der Waals surface area contributed by atoms with Gasteiger partial charge in [0.1, 0.15) is 23.4 Å². The maximum absolute atomic E-state index is 10.1. The summed E-state index contributed by atoms with van der Waals surface area (Å²) in [4.78, 5) is 4.99. The summed E-state index contributed by atoms with van der Waals surface area (Å²) in [6.07, 6.45) is -0.00517. The van der Waals surface area contributed by atoms with Gasteiger partial charge in [-0.3, -0.25) is 4.99 Å². The van der Waals surface area contributed by atoms with Gasteiger partial charge < -0.3 is 15.2 Å². The number of hydrogen-bond donors (Lipinski definition) is 2. The van der Waals surface area contributed by atoms with E-state index in [4.69, 9.17) is 32.9 Å². The van der Waals surface area contributed by atoms with Crippen LogP contribution >= 0.6 is 23.2 Å². The van der Waals surface area contributed by atoms with Crippen molar-refractivity contribution in [2.45, 2.75) is 32.0 Å². The normalized spacial score (nSPS) is 18.2. The van der Waals surface area contributed by atoms with E-state index in [9.17, 15) is 5.11 Å². The average Bonchev–Trinajstić information content (AvgIpc) is 3.15. The average molecular weight is 441 g/mol. The van der Waals surface area contributed by atoms with E-state index in [1.807, 2.05) is 62.4 Å². The Labute approximate surface area is 186 Å². The SMILES string of the molecule is CC(C)Oc1ccc(O)cc1C1=N[C@H](c2ccc(Cl)cc2)[C@H](c2ccc(Cl)cc2)N1. The quantitative estimate of drug-likeness (QED) is 0.487. The highest BCUT2D eigenvalue weighted by Crippen LogP contribution is 2.39. The smallest absolute Gasteiger partial charge is 0.133 e. The molecule has 0 fully saturated rings. The number of amidine groups is 1. The molecule has 0 bridgehead atoms. The molecule has 154 valence electrons. The fourth-order valence-corrected chi connectivity index (χ4v) is 3.80. The maximum atomic E-state index is 10.1. The summed E-state index contributed by atoms with van der Waals surface area (Å²) in [5.74, 6) is 1.49. The third kappa shape index (κ3) is 4.40. The molecule has 2 N–H and O–H groups in total. The highest BCUT2D eigenvalue weighted by atomic mass is 35.5. The van der Waals surface area contributed by atoms with E-state index in [2.05, 4.69) is 5.32 Å².